The van der Waals surface area contributed by atoms with E-state index in [-0.39, 0.29) is 85.7 Å². The number of aromatic hydroxyl groups is 1. The summed E-state index contributed by atoms with van der Waals surface area (Å²) in [5.74, 6) is -5.60. The number of carboxylic acid groups (broad SMARTS) is 1. The van der Waals surface area contributed by atoms with Crippen LogP contribution in [0.25, 0.3) is 0 Å². The zero-order valence-electron chi connectivity index (χ0n) is 38.1. The van der Waals surface area contributed by atoms with Gasteiger partial charge in [-0.1, -0.05) is 47.1 Å². The summed E-state index contributed by atoms with van der Waals surface area (Å²) in [6, 6.07) is 3.28. The molecule has 346 valence electrons. The zero-order valence-corrected chi connectivity index (χ0v) is 39.0. The molecule has 1 aromatic carbocycles. The molecule has 63 heavy (non-hydrogen) atoms. The third-order valence-corrected chi connectivity index (χ3v) is 12.0. The minimum absolute atomic E-state index is 0.00213. The lowest BCUT2D eigenvalue weighted by Gasteiger charge is -2.36. The second-order valence-corrected chi connectivity index (χ2v) is 18.8. The Morgan fingerprint density at radius 3 is 2.22 bits per heavy atom. The van der Waals surface area contributed by atoms with E-state index in [2.05, 4.69) is 15.6 Å². The number of phenolic OH excluding ortho intramolecular Hbond substituents is 1. The van der Waals surface area contributed by atoms with Crippen molar-refractivity contribution in [2.45, 2.75) is 105 Å². The Morgan fingerprint density at radius 2 is 1.65 bits per heavy atom. The number of ether oxygens (including phenoxy) is 1. The minimum Gasteiger partial charge on any atom is -0.506 e. The lowest BCUT2D eigenvalue weighted by atomic mass is 9.85. The van der Waals surface area contributed by atoms with E-state index in [0.717, 1.165) is 28.4 Å². The van der Waals surface area contributed by atoms with Crippen LogP contribution in [0, 0.1) is 23.7 Å². The molecule has 0 saturated heterocycles. The molecule has 0 fully saturated rings. The maximum absolute atomic E-state index is 14.2. The van der Waals surface area contributed by atoms with Crippen LogP contribution >= 0.6 is 11.3 Å². The van der Waals surface area contributed by atoms with Crippen LogP contribution in [0.4, 0.5) is 5.69 Å². The highest BCUT2D eigenvalue weighted by atomic mass is 32.1. The molecule has 1 aliphatic heterocycles. The number of carbonyl (C=O) groups excluding carboxylic acids is 7. The fraction of sp³-hybridized carbons (Fsp3) is 0.578. The molecule has 0 saturated carbocycles. The maximum atomic E-state index is 14.2. The molecule has 0 bridgehead atoms. The highest BCUT2D eigenvalue weighted by Gasteiger charge is 2.36. The van der Waals surface area contributed by atoms with Crippen LogP contribution in [-0.4, -0.2) is 130 Å². The van der Waals surface area contributed by atoms with Gasteiger partial charge in [-0.05, 0) is 48.8 Å². The summed E-state index contributed by atoms with van der Waals surface area (Å²) in [5, 5.41) is 27.6. The summed E-state index contributed by atoms with van der Waals surface area (Å²) >= 11 is 1.10. The number of carbonyl (C=O) groups is 8. The second-order valence-electron chi connectivity index (χ2n) is 17.9. The SMILES string of the molecule is CCC(C)[C@H](CC(=O)C[N+](C)(C)C)C(=O)N(C)[C@H](C[C@@H](OC(C)=O)c1nc(C(=O)N[C@@H](Cc2ccc(O)c(NC(=O)CCCN3C(=O)C=CC3=O)c2)CC(C)C(=O)O)cs1)C(C)C. The molecule has 2 unspecified atom stereocenters. The fourth-order valence-corrected chi connectivity index (χ4v) is 8.29. The molecule has 5 amide bonds. The number of benzene rings is 1. The van der Waals surface area contributed by atoms with Crippen LogP contribution in [-0.2, 0) is 44.7 Å². The van der Waals surface area contributed by atoms with E-state index in [1.54, 1.807) is 18.0 Å². The van der Waals surface area contributed by atoms with Gasteiger partial charge in [-0.15, -0.1) is 11.3 Å². The zero-order chi connectivity index (χ0) is 47.3. The van der Waals surface area contributed by atoms with Gasteiger partial charge in [-0.25, -0.2) is 4.98 Å². The number of imide groups is 1. The molecule has 2 heterocycles. The van der Waals surface area contributed by atoms with Crippen molar-refractivity contribution in [1.82, 2.24) is 20.1 Å². The number of rotatable bonds is 25. The van der Waals surface area contributed by atoms with Gasteiger partial charge in [0.05, 0.1) is 32.7 Å². The number of quaternary nitrogens is 1. The predicted molar refractivity (Wildman–Crippen MR) is 236 cm³/mol. The molecular formula is C45H65N6O11S+. The van der Waals surface area contributed by atoms with Gasteiger partial charge < -0.3 is 35.0 Å². The topological polar surface area (TPSA) is 230 Å². The van der Waals surface area contributed by atoms with Gasteiger partial charge in [0.25, 0.3) is 17.7 Å². The summed E-state index contributed by atoms with van der Waals surface area (Å²) in [6.45, 7) is 11.0. The molecule has 1 aliphatic rings. The number of carboxylic acids is 1. The molecule has 0 radical (unpaired) electrons. The van der Waals surface area contributed by atoms with Crippen molar-refractivity contribution in [2.75, 3.05) is 46.6 Å². The summed E-state index contributed by atoms with van der Waals surface area (Å²) in [5.41, 5.74) is 0.649. The number of aromatic nitrogens is 1. The number of nitrogens with zero attached hydrogens (tertiary/aromatic N) is 4. The number of esters is 1. The number of ketones is 1. The van der Waals surface area contributed by atoms with Gasteiger partial charge in [0.15, 0.2) is 11.9 Å². The standard InChI is InChI=1S/C45H64N6O11S/c1-11-27(4)33(22-32(53)24-51(8,9)10)44(59)49(7)36(26(2)3)23-38(62-29(6)52)43-48-35(25-63-43)42(58)46-31(19-28(5)45(60)61)20-30-14-15-37(54)34(21-30)47-39(55)13-12-18-50-40(56)16-17-41(50)57/h14-17,21,25-28,31,33,36,38H,11-13,18-20,22-24H2,1-10H3,(H3-,46,47,54,55,56,57,58,60,61)/p+1/t27?,28?,31-,33+,36-,38-/m1/s1. The molecular weight excluding hydrogens is 833 g/mol. The Morgan fingerprint density at radius 1 is 1.00 bits per heavy atom. The summed E-state index contributed by atoms with van der Waals surface area (Å²) in [4.78, 5) is 109. The molecule has 0 spiro atoms. The number of aliphatic carboxylic acids is 1. The van der Waals surface area contributed by atoms with Crippen LogP contribution in [0.3, 0.4) is 0 Å². The number of hydrogen-bond acceptors (Lipinski definition) is 12. The van der Waals surface area contributed by atoms with Crippen molar-refractivity contribution >= 4 is 64.3 Å². The molecule has 4 N–H and O–H groups in total. The van der Waals surface area contributed by atoms with Crippen LogP contribution < -0.4 is 10.6 Å². The first-order valence-corrected chi connectivity index (χ1v) is 22.2. The van der Waals surface area contributed by atoms with Crippen LogP contribution in [0.2, 0.25) is 0 Å². The Hall–Kier alpha value is -5.49. The van der Waals surface area contributed by atoms with E-state index >= 15 is 0 Å². The van der Waals surface area contributed by atoms with Crippen molar-refractivity contribution in [1.29, 1.82) is 0 Å². The normalized spacial score (nSPS) is 15.6. The third-order valence-electron chi connectivity index (χ3n) is 11.1. The number of thiazole rings is 1. The number of hydrogen-bond donors (Lipinski definition) is 4. The lowest BCUT2D eigenvalue weighted by molar-refractivity contribution is -0.862. The number of likely N-dealkylation sites (N-methyl/N-ethyl adjacent to an activating group) is 1. The van der Waals surface area contributed by atoms with Gasteiger partial charge in [0.2, 0.25) is 11.8 Å². The summed E-state index contributed by atoms with van der Waals surface area (Å²) < 4.78 is 6.21. The average molecular weight is 898 g/mol. The van der Waals surface area contributed by atoms with Gasteiger partial charge in [-0.2, -0.15) is 0 Å². The maximum Gasteiger partial charge on any atom is 0.306 e. The molecule has 0 aliphatic carbocycles. The minimum atomic E-state index is -1.07. The van der Waals surface area contributed by atoms with Crippen molar-refractivity contribution < 1.29 is 57.8 Å². The average Bonchev–Trinajstić information content (AvgIpc) is 3.81. The van der Waals surface area contributed by atoms with Crippen molar-refractivity contribution in [3.8, 4) is 5.75 Å². The van der Waals surface area contributed by atoms with E-state index in [9.17, 15) is 48.6 Å². The Balaban J connectivity index is 1.79. The number of nitrogens with one attached hydrogen (secondary N) is 2. The largest absolute Gasteiger partial charge is 0.506 e. The van der Waals surface area contributed by atoms with E-state index in [1.165, 1.54) is 31.4 Å². The Bertz CT molecular complexity index is 2010. The summed E-state index contributed by atoms with van der Waals surface area (Å²) in [6.07, 6.45) is 2.66. The van der Waals surface area contributed by atoms with Crippen LogP contribution in [0.15, 0.2) is 35.7 Å². The van der Waals surface area contributed by atoms with Crippen molar-refractivity contribution in [2.24, 2.45) is 23.7 Å². The highest BCUT2D eigenvalue weighted by Crippen LogP contribution is 2.33. The first kappa shape index (κ1) is 51.9. The third kappa shape index (κ3) is 16.0. The molecule has 1 aromatic heterocycles. The van der Waals surface area contributed by atoms with E-state index in [4.69, 9.17) is 4.74 Å². The Labute approximate surface area is 373 Å². The number of amides is 5. The van der Waals surface area contributed by atoms with E-state index in [0.29, 0.717) is 28.0 Å². The molecule has 17 nitrogen and oxygen atoms in total. The number of phenols is 1. The Kier molecular flexibility index (Phi) is 19.2. The predicted octanol–water partition coefficient (Wildman–Crippen LogP) is 4.75. The van der Waals surface area contributed by atoms with Gasteiger partial charge in [-0.3, -0.25) is 43.3 Å². The van der Waals surface area contributed by atoms with Gasteiger partial charge in [0, 0.05) is 75.3 Å². The van der Waals surface area contributed by atoms with Gasteiger partial charge in [0.1, 0.15) is 23.0 Å². The molecule has 6 atom stereocenters. The molecule has 3 rings (SSSR count). The first-order chi connectivity index (χ1) is 29.4. The van der Waals surface area contributed by atoms with E-state index in [1.807, 2.05) is 48.8 Å². The number of Topliss-reactive ketones (excluding diaryl/α,β-unsaturated/α-hetero) is 1. The van der Waals surface area contributed by atoms with Crippen LogP contribution in [0.1, 0.15) is 107 Å². The lowest BCUT2D eigenvalue weighted by Crippen LogP contribution is -2.47. The summed E-state index contributed by atoms with van der Waals surface area (Å²) in [7, 11) is 7.47. The second kappa shape index (κ2) is 23.3. The molecule has 2 aromatic rings. The number of anilines is 1. The van der Waals surface area contributed by atoms with Gasteiger partial charge >= 0.3 is 11.9 Å². The quantitative estimate of drug-likeness (QED) is 0.0458. The van der Waals surface area contributed by atoms with Crippen LogP contribution in [0.5, 0.6) is 5.75 Å². The fourth-order valence-electron chi connectivity index (χ4n) is 7.45. The van der Waals surface area contributed by atoms with Crippen molar-refractivity contribution in [3.63, 3.8) is 0 Å². The van der Waals surface area contributed by atoms with E-state index < -0.39 is 65.6 Å². The monoisotopic (exact) mass is 897 g/mol. The highest BCUT2D eigenvalue weighted by molar-refractivity contribution is 7.09. The molecule has 18 heteroatoms. The first-order valence-electron chi connectivity index (χ1n) is 21.3. The smallest absolute Gasteiger partial charge is 0.306 e. The van der Waals surface area contributed by atoms with Crippen molar-refractivity contribution in [3.05, 3.63) is 52.0 Å².